The Morgan fingerprint density at radius 1 is 0.442 bits per heavy atom. The molecule has 2 aromatic heterocycles. The summed E-state index contributed by atoms with van der Waals surface area (Å²) < 4.78 is 0. The minimum absolute atomic E-state index is 0.174. The zero-order valence-corrected chi connectivity index (χ0v) is 29.7. The summed E-state index contributed by atoms with van der Waals surface area (Å²) >= 11 is 0. The van der Waals surface area contributed by atoms with E-state index in [1.807, 2.05) is 60.7 Å². The highest BCUT2D eigenvalue weighted by molar-refractivity contribution is 5.75. The summed E-state index contributed by atoms with van der Waals surface area (Å²) in [6.45, 7) is 7.00. The molecular formula is C48H40N4. The molecule has 0 radical (unpaired) electrons. The molecule has 0 fully saturated rings. The average molecular weight is 673 g/mol. The van der Waals surface area contributed by atoms with Gasteiger partial charge < -0.3 is 0 Å². The first-order valence-electron chi connectivity index (χ1n) is 17.9. The summed E-state index contributed by atoms with van der Waals surface area (Å²) in [7, 11) is 0. The van der Waals surface area contributed by atoms with E-state index < -0.39 is 0 Å². The van der Waals surface area contributed by atoms with Crippen LogP contribution in [0.15, 0.2) is 175 Å². The molecule has 5 aromatic carbocycles. The normalized spacial score (nSPS) is 14.4. The molecule has 0 saturated heterocycles. The van der Waals surface area contributed by atoms with Crippen molar-refractivity contribution in [3.63, 3.8) is 0 Å². The predicted octanol–water partition coefficient (Wildman–Crippen LogP) is 11.9. The molecule has 1 aliphatic carbocycles. The second-order valence-electron chi connectivity index (χ2n) is 14.0. The lowest BCUT2D eigenvalue weighted by Gasteiger charge is -2.35. The van der Waals surface area contributed by atoms with E-state index in [2.05, 4.69) is 130 Å². The molecule has 2 heterocycles. The molecule has 52 heavy (non-hydrogen) atoms. The third-order valence-corrected chi connectivity index (χ3v) is 10.1. The standard InChI is InChI=1S/C48H40N4/c1-33-30-39(45-32-43(35-18-10-5-11-19-35)50-47(52-45)38-22-14-7-15-23-38)26-29-41(33)48(2,3)40-27-24-36(25-28-40)44-31-42(34-16-8-4-9-17-34)49-46(51-44)37-20-12-6-13-21-37/h4-29,31-33H,30H2,1-3H3. The largest absolute Gasteiger partial charge is 0.228 e. The molecule has 0 N–H and O–H groups in total. The van der Waals surface area contributed by atoms with E-state index in [0.29, 0.717) is 5.92 Å². The number of hydrogen-bond acceptors (Lipinski definition) is 4. The van der Waals surface area contributed by atoms with Crippen LogP contribution in [0.1, 0.15) is 38.4 Å². The Morgan fingerprint density at radius 2 is 0.827 bits per heavy atom. The lowest BCUT2D eigenvalue weighted by Crippen LogP contribution is -2.26. The molecule has 1 aliphatic rings. The lowest BCUT2D eigenvalue weighted by molar-refractivity contribution is 0.519. The van der Waals surface area contributed by atoms with Gasteiger partial charge in [0.05, 0.1) is 22.8 Å². The fourth-order valence-corrected chi connectivity index (χ4v) is 7.25. The van der Waals surface area contributed by atoms with Crippen molar-refractivity contribution in [1.29, 1.82) is 0 Å². The molecule has 0 bridgehead atoms. The molecule has 0 saturated carbocycles. The highest BCUT2D eigenvalue weighted by atomic mass is 14.9. The van der Waals surface area contributed by atoms with Gasteiger partial charge in [0.15, 0.2) is 11.6 Å². The fraction of sp³-hybridized carbons (Fsp3) is 0.125. The van der Waals surface area contributed by atoms with Crippen molar-refractivity contribution >= 4 is 5.57 Å². The zero-order chi connectivity index (χ0) is 35.5. The quantitative estimate of drug-likeness (QED) is 0.161. The van der Waals surface area contributed by atoms with Crippen LogP contribution in [0.25, 0.3) is 62.1 Å². The molecule has 4 nitrogen and oxygen atoms in total. The Bertz CT molecular complexity index is 2260. The fourth-order valence-electron chi connectivity index (χ4n) is 7.25. The number of rotatable bonds is 8. The van der Waals surface area contributed by atoms with Crippen molar-refractivity contribution in [3.05, 3.63) is 187 Å². The summed E-state index contributed by atoms with van der Waals surface area (Å²) in [6.07, 6.45) is 5.50. The van der Waals surface area contributed by atoms with Crippen LogP contribution in [0, 0.1) is 5.92 Å². The van der Waals surface area contributed by atoms with Gasteiger partial charge in [0.25, 0.3) is 0 Å². The van der Waals surface area contributed by atoms with Crippen molar-refractivity contribution < 1.29 is 0 Å². The van der Waals surface area contributed by atoms with Gasteiger partial charge in [0, 0.05) is 33.2 Å². The SMILES string of the molecule is CC1CC(c2cc(-c3ccccc3)nc(-c3ccccc3)n2)=CC=C1C(C)(C)c1ccc(-c2cc(-c3ccccc3)nc(-c3ccccc3)n2)cc1. The van der Waals surface area contributed by atoms with E-state index in [-0.39, 0.29) is 5.41 Å². The van der Waals surface area contributed by atoms with Gasteiger partial charge in [-0.05, 0) is 35.6 Å². The summed E-state index contributed by atoms with van der Waals surface area (Å²) in [5.41, 5.74) is 12.7. The van der Waals surface area contributed by atoms with Gasteiger partial charge in [0.1, 0.15) is 0 Å². The second-order valence-corrected chi connectivity index (χ2v) is 14.0. The zero-order valence-electron chi connectivity index (χ0n) is 29.7. The van der Waals surface area contributed by atoms with Crippen LogP contribution < -0.4 is 0 Å². The van der Waals surface area contributed by atoms with E-state index in [1.54, 1.807) is 0 Å². The summed E-state index contributed by atoms with van der Waals surface area (Å²) in [6, 6.07) is 54.3. The molecule has 4 heteroatoms. The van der Waals surface area contributed by atoms with E-state index >= 15 is 0 Å². The Balaban J connectivity index is 1.12. The summed E-state index contributed by atoms with van der Waals surface area (Å²) in [5.74, 6) is 1.80. The first-order chi connectivity index (χ1) is 25.4. The van der Waals surface area contributed by atoms with Gasteiger partial charge in [-0.15, -0.1) is 0 Å². The van der Waals surface area contributed by atoms with E-state index in [0.717, 1.165) is 68.7 Å². The molecular weight excluding hydrogens is 633 g/mol. The van der Waals surface area contributed by atoms with Crippen LogP contribution in [0.3, 0.4) is 0 Å². The Hall–Kier alpha value is -6.26. The number of allylic oxidation sites excluding steroid dienone is 4. The summed E-state index contributed by atoms with van der Waals surface area (Å²) in [4.78, 5) is 20.1. The Labute approximate surface area is 306 Å². The Morgan fingerprint density at radius 3 is 1.27 bits per heavy atom. The molecule has 0 spiro atoms. The van der Waals surface area contributed by atoms with Gasteiger partial charge in [-0.2, -0.15) is 0 Å². The van der Waals surface area contributed by atoms with Gasteiger partial charge in [-0.1, -0.05) is 184 Å². The number of aromatic nitrogens is 4. The Kier molecular flexibility index (Phi) is 8.97. The van der Waals surface area contributed by atoms with Crippen molar-refractivity contribution in [2.75, 3.05) is 0 Å². The maximum Gasteiger partial charge on any atom is 0.160 e. The number of hydrogen-bond donors (Lipinski definition) is 0. The molecule has 252 valence electrons. The molecule has 0 aliphatic heterocycles. The number of nitrogens with zero attached hydrogens (tertiary/aromatic N) is 4. The molecule has 1 unspecified atom stereocenters. The summed E-state index contributed by atoms with van der Waals surface area (Å²) in [5, 5.41) is 0. The van der Waals surface area contributed by atoms with E-state index in [1.165, 1.54) is 16.7 Å². The maximum absolute atomic E-state index is 5.10. The van der Waals surface area contributed by atoms with Crippen LogP contribution in [0.2, 0.25) is 0 Å². The van der Waals surface area contributed by atoms with Crippen LogP contribution in [0.5, 0.6) is 0 Å². The smallest absolute Gasteiger partial charge is 0.160 e. The van der Waals surface area contributed by atoms with E-state index in [9.17, 15) is 0 Å². The van der Waals surface area contributed by atoms with Gasteiger partial charge in [0.2, 0.25) is 0 Å². The second kappa shape index (κ2) is 14.2. The predicted molar refractivity (Wildman–Crippen MR) is 214 cm³/mol. The minimum Gasteiger partial charge on any atom is -0.228 e. The lowest BCUT2D eigenvalue weighted by atomic mass is 9.69. The van der Waals surface area contributed by atoms with Gasteiger partial charge >= 0.3 is 0 Å². The van der Waals surface area contributed by atoms with Gasteiger partial charge in [-0.25, -0.2) is 19.9 Å². The van der Waals surface area contributed by atoms with Crippen LogP contribution >= 0.6 is 0 Å². The van der Waals surface area contributed by atoms with Crippen molar-refractivity contribution in [1.82, 2.24) is 19.9 Å². The molecule has 8 rings (SSSR count). The first kappa shape index (κ1) is 32.9. The van der Waals surface area contributed by atoms with Gasteiger partial charge in [-0.3, -0.25) is 0 Å². The first-order valence-corrected chi connectivity index (χ1v) is 17.9. The third kappa shape index (κ3) is 6.76. The van der Waals surface area contributed by atoms with Crippen LogP contribution in [0.4, 0.5) is 0 Å². The van der Waals surface area contributed by atoms with Crippen LogP contribution in [-0.4, -0.2) is 19.9 Å². The minimum atomic E-state index is -0.174. The topological polar surface area (TPSA) is 51.6 Å². The van der Waals surface area contributed by atoms with Crippen molar-refractivity contribution in [2.45, 2.75) is 32.6 Å². The third-order valence-electron chi connectivity index (χ3n) is 10.1. The van der Waals surface area contributed by atoms with Crippen molar-refractivity contribution in [2.24, 2.45) is 5.92 Å². The van der Waals surface area contributed by atoms with E-state index in [4.69, 9.17) is 19.9 Å². The van der Waals surface area contributed by atoms with Crippen molar-refractivity contribution in [3.8, 4) is 56.5 Å². The monoisotopic (exact) mass is 672 g/mol. The molecule has 7 aromatic rings. The average Bonchev–Trinajstić information content (AvgIpc) is 3.21. The number of benzene rings is 5. The van der Waals surface area contributed by atoms with Crippen LogP contribution in [-0.2, 0) is 5.41 Å². The highest BCUT2D eigenvalue weighted by Crippen LogP contribution is 2.43. The highest BCUT2D eigenvalue weighted by Gasteiger charge is 2.31. The molecule has 1 atom stereocenters. The molecule has 0 amide bonds. The maximum atomic E-state index is 5.10.